The molecule has 13 heavy (non-hydrogen) atoms. The van der Waals surface area contributed by atoms with Gasteiger partial charge in [0.05, 0.1) is 6.10 Å². The second-order valence-electron chi connectivity index (χ2n) is 4.58. The summed E-state index contributed by atoms with van der Waals surface area (Å²) in [5, 5.41) is 12.7. The SMILES string of the molecule is C[C@@H](O)CN1CCC2CNCC2C1. The highest BCUT2D eigenvalue weighted by atomic mass is 16.3. The first kappa shape index (κ1) is 9.44. The fourth-order valence-electron chi connectivity index (χ4n) is 2.65. The van der Waals surface area contributed by atoms with E-state index in [-0.39, 0.29) is 6.10 Å². The highest BCUT2D eigenvalue weighted by Gasteiger charge is 2.32. The van der Waals surface area contributed by atoms with Crippen LogP contribution >= 0.6 is 0 Å². The van der Waals surface area contributed by atoms with Crippen molar-refractivity contribution in [2.75, 3.05) is 32.7 Å². The number of nitrogens with zero attached hydrogens (tertiary/aromatic N) is 1. The molecule has 2 aliphatic rings. The minimum Gasteiger partial charge on any atom is -0.392 e. The van der Waals surface area contributed by atoms with Gasteiger partial charge in [0.15, 0.2) is 0 Å². The standard InChI is InChI=1S/C10H20N2O/c1-8(13)6-12-3-2-9-4-11-5-10(9)7-12/h8-11,13H,2-7H2,1H3/t8-,9?,10?/m1/s1. The molecule has 0 aromatic heterocycles. The largest absolute Gasteiger partial charge is 0.392 e. The number of β-amino-alcohol motifs (C(OH)–C–C–N with tert-alkyl or cyclic N) is 1. The molecule has 0 radical (unpaired) electrons. The molecule has 3 nitrogen and oxygen atoms in total. The van der Waals surface area contributed by atoms with E-state index in [1.165, 1.54) is 32.6 Å². The maximum absolute atomic E-state index is 9.29. The van der Waals surface area contributed by atoms with Crippen LogP contribution in [0.15, 0.2) is 0 Å². The Morgan fingerprint density at radius 3 is 3.00 bits per heavy atom. The molecule has 0 amide bonds. The lowest BCUT2D eigenvalue weighted by Gasteiger charge is -2.34. The summed E-state index contributed by atoms with van der Waals surface area (Å²) in [6.45, 7) is 7.48. The van der Waals surface area contributed by atoms with E-state index in [0.29, 0.717) is 0 Å². The summed E-state index contributed by atoms with van der Waals surface area (Å²) in [6, 6.07) is 0. The van der Waals surface area contributed by atoms with Crippen LogP contribution in [0.5, 0.6) is 0 Å². The average molecular weight is 184 g/mol. The Morgan fingerprint density at radius 2 is 2.23 bits per heavy atom. The van der Waals surface area contributed by atoms with Gasteiger partial charge in [0.25, 0.3) is 0 Å². The quantitative estimate of drug-likeness (QED) is 0.629. The van der Waals surface area contributed by atoms with Crippen LogP contribution in [0.4, 0.5) is 0 Å². The van der Waals surface area contributed by atoms with Crippen molar-refractivity contribution in [1.82, 2.24) is 10.2 Å². The van der Waals surface area contributed by atoms with Gasteiger partial charge in [-0.1, -0.05) is 0 Å². The molecule has 76 valence electrons. The predicted molar refractivity (Wildman–Crippen MR) is 52.6 cm³/mol. The molecule has 2 aliphatic heterocycles. The van der Waals surface area contributed by atoms with Gasteiger partial charge in [-0.15, -0.1) is 0 Å². The number of fused-ring (bicyclic) bond motifs is 1. The van der Waals surface area contributed by atoms with Crippen LogP contribution in [-0.2, 0) is 0 Å². The third kappa shape index (κ3) is 2.22. The van der Waals surface area contributed by atoms with Crippen LogP contribution in [0, 0.1) is 11.8 Å². The van der Waals surface area contributed by atoms with Crippen molar-refractivity contribution in [2.24, 2.45) is 11.8 Å². The van der Waals surface area contributed by atoms with E-state index in [0.717, 1.165) is 18.4 Å². The van der Waals surface area contributed by atoms with Gasteiger partial charge in [-0.05, 0) is 44.8 Å². The van der Waals surface area contributed by atoms with E-state index >= 15 is 0 Å². The number of aliphatic hydroxyl groups is 1. The highest BCUT2D eigenvalue weighted by molar-refractivity contribution is 4.88. The molecule has 3 heteroatoms. The van der Waals surface area contributed by atoms with E-state index < -0.39 is 0 Å². The van der Waals surface area contributed by atoms with Gasteiger partial charge < -0.3 is 15.3 Å². The van der Waals surface area contributed by atoms with Crippen LogP contribution < -0.4 is 5.32 Å². The van der Waals surface area contributed by atoms with Crippen LogP contribution in [0.1, 0.15) is 13.3 Å². The van der Waals surface area contributed by atoms with E-state index in [9.17, 15) is 5.11 Å². The van der Waals surface area contributed by atoms with Crippen molar-refractivity contribution in [2.45, 2.75) is 19.4 Å². The molecule has 0 spiro atoms. The molecule has 2 unspecified atom stereocenters. The summed E-state index contributed by atoms with van der Waals surface area (Å²) >= 11 is 0. The Kier molecular flexibility index (Phi) is 2.86. The lowest BCUT2D eigenvalue weighted by Crippen LogP contribution is -2.42. The Morgan fingerprint density at radius 1 is 1.46 bits per heavy atom. The van der Waals surface area contributed by atoms with Crippen molar-refractivity contribution in [3.63, 3.8) is 0 Å². The molecule has 2 fully saturated rings. The van der Waals surface area contributed by atoms with E-state index in [4.69, 9.17) is 0 Å². The van der Waals surface area contributed by atoms with Crippen molar-refractivity contribution in [3.05, 3.63) is 0 Å². The number of hydrogen-bond donors (Lipinski definition) is 2. The van der Waals surface area contributed by atoms with Gasteiger partial charge >= 0.3 is 0 Å². The van der Waals surface area contributed by atoms with Crippen molar-refractivity contribution < 1.29 is 5.11 Å². The minimum atomic E-state index is -0.175. The molecular weight excluding hydrogens is 164 g/mol. The van der Waals surface area contributed by atoms with Gasteiger partial charge in [-0.25, -0.2) is 0 Å². The molecule has 0 saturated carbocycles. The highest BCUT2D eigenvalue weighted by Crippen LogP contribution is 2.26. The minimum absolute atomic E-state index is 0.175. The maximum Gasteiger partial charge on any atom is 0.0639 e. The second-order valence-corrected chi connectivity index (χ2v) is 4.58. The number of piperidine rings is 1. The van der Waals surface area contributed by atoms with E-state index in [2.05, 4.69) is 10.2 Å². The third-order valence-electron chi connectivity index (χ3n) is 3.31. The number of aliphatic hydroxyl groups excluding tert-OH is 1. The zero-order chi connectivity index (χ0) is 9.26. The monoisotopic (exact) mass is 184 g/mol. The van der Waals surface area contributed by atoms with Gasteiger partial charge in [-0.3, -0.25) is 0 Å². The summed E-state index contributed by atoms with van der Waals surface area (Å²) in [4.78, 5) is 2.40. The number of hydrogen-bond acceptors (Lipinski definition) is 3. The van der Waals surface area contributed by atoms with Crippen molar-refractivity contribution in [1.29, 1.82) is 0 Å². The Bertz CT molecular complexity index is 172. The number of rotatable bonds is 2. The lowest BCUT2D eigenvalue weighted by atomic mass is 9.88. The fraction of sp³-hybridized carbons (Fsp3) is 1.00. The van der Waals surface area contributed by atoms with Crippen molar-refractivity contribution in [3.8, 4) is 0 Å². The lowest BCUT2D eigenvalue weighted by molar-refractivity contribution is 0.0840. The fourth-order valence-corrected chi connectivity index (χ4v) is 2.65. The molecule has 2 saturated heterocycles. The summed E-state index contributed by atoms with van der Waals surface area (Å²) < 4.78 is 0. The van der Waals surface area contributed by atoms with Gasteiger partial charge in [0.2, 0.25) is 0 Å². The topological polar surface area (TPSA) is 35.5 Å². The Hall–Kier alpha value is -0.120. The number of nitrogens with one attached hydrogen (secondary N) is 1. The Labute approximate surface area is 80.1 Å². The summed E-state index contributed by atoms with van der Waals surface area (Å²) in [7, 11) is 0. The average Bonchev–Trinajstić information content (AvgIpc) is 2.49. The summed E-state index contributed by atoms with van der Waals surface area (Å²) in [5.74, 6) is 1.75. The van der Waals surface area contributed by atoms with E-state index in [1.54, 1.807) is 0 Å². The molecule has 3 atom stereocenters. The first-order chi connectivity index (χ1) is 6.25. The molecule has 0 aliphatic carbocycles. The van der Waals surface area contributed by atoms with Gasteiger partial charge in [0.1, 0.15) is 0 Å². The summed E-state index contributed by atoms with van der Waals surface area (Å²) in [5.41, 5.74) is 0. The predicted octanol–water partition coefficient (Wildman–Crippen LogP) is -0.0915. The molecule has 2 rings (SSSR count). The van der Waals surface area contributed by atoms with Crippen LogP contribution in [0.3, 0.4) is 0 Å². The second kappa shape index (κ2) is 3.95. The molecule has 2 N–H and O–H groups in total. The smallest absolute Gasteiger partial charge is 0.0639 e. The van der Waals surface area contributed by atoms with Gasteiger partial charge in [0, 0.05) is 13.1 Å². The zero-order valence-corrected chi connectivity index (χ0v) is 8.37. The molecular formula is C10H20N2O. The molecule has 2 heterocycles. The molecule has 0 aromatic carbocycles. The van der Waals surface area contributed by atoms with E-state index in [1.807, 2.05) is 6.92 Å². The third-order valence-corrected chi connectivity index (χ3v) is 3.31. The van der Waals surface area contributed by atoms with Crippen LogP contribution in [0.25, 0.3) is 0 Å². The Balaban J connectivity index is 1.83. The maximum atomic E-state index is 9.29. The first-order valence-electron chi connectivity index (χ1n) is 5.37. The van der Waals surface area contributed by atoms with Crippen LogP contribution in [0.2, 0.25) is 0 Å². The van der Waals surface area contributed by atoms with Gasteiger partial charge in [-0.2, -0.15) is 0 Å². The zero-order valence-electron chi connectivity index (χ0n) is 8.37. The molecule has 0 aromatic rings. The molecule has 0 bridgehead atoms. The first-order valence-corrected chi connectivity index (χ1v) is 5.37. The van der Waals surface area contributed by atoms with Crippen molar-refractivity contribution >= 4 is 0 Å². The summed E-state index contributed by atoms with van der Waals surface area (Å²) in [6.07, 6.45) is 1.13. The number of likely N-dealkylation sites (tertiary alicyclic amines) is 1. The van der Waals surface area contributed by atoms with Crippen LogP contribution in [-0.4, -0.2) is 48.8 Å². The normalized spacial score (nSPS) is 37.4.